The van der Waals surface area contributed by atoms with Crippen LogP contribution in [0.25, 0.3) is 0 Å². The molecule has 2 rings (SSSR count). The van der Waals surface area contributed by atoms with Gasteiger partial charge in [0.1, 0.15) is 13.2 Å². The predicted octanol–water partition coefficient (Wildman–Crippen LogP) is 2.61. The van der Waals surface area contributed by atoms with Crippen LogP contribution in [0.2, 0.25) is 0 Å². The molecule has 2 aromatic rings. The van der Waals surface area contributed by atoms with E-state index in [9.17, 15) is 14.7 Å². The lowest BCUT2D eigenvalue weighted by Crippen LogP contribution is -2.39. The van der Waals surface area contributed by atoms with E-state index in [1.807, 2.05) is 48.5 Å². The van der Waals surface area contributed by atoms with Crippen molar-refractivity contribution in [2.75, 3.05) is 0 Å². The number of carbonyl (C=O) groups is 2. The Kier molecular flexibility index (Phi) is 6.09. The van der Waals surface area contributed by atoms with Gasteiger partial charge in [0.05, 0.1) is 6.42 Å². The summed E-state index contributed by atoms with van der Waals surface area (Å²) in [6.07, 6.45) is -0.465. The summed E-state index contributed by atoms with van der Waals surface area (Å²) in [5.41, 5.74) is -0.298. The van der Waals surface area contributed by atoms with E-state index >= 15 is 0 Å². The smallest absolute Gasteiger partial charge is 0.338 e. The number of benzene rings is 2. The molecule has 5 heteroatoms. The highest BCUT2D eigenvalue weighted by molar-refractivity contribution is 5.85. The van der Waals surface area contributed by atoms with Crippen LogP contribution in [0.5, 0.6) is 0 Å². The van der Waals surface area contributed by atoms with Gasteiger partial charge in [-0.15, -0.1) is 0 Å². The fraction of sp³-hybridized carbons (Fsp3) is 0.263. The van der Waals surface area contributed by atoms with E-state index in [2.05, 4.69) is 0 Å². The second-order valence-electron chi connectivity index (χ2n) is 5.66. The predicted molar refractivity (Wildman–Crippen MR) is 87.7 cm³/mol. The van der Waals surface area contributed by atoms with Gasteiger partial charge in [-0.25, -0.2) is 4.79 Å². The molecular weight excluding hydrogens is 308 g/mol. The molecule has 0 aromatic heterocycles. The van der Waals surface area contributed by atoms with E-state index < -0.39 is 24.0 Å². The number of ether oxygens (including phenoxy) is 2. The molecule has 0 heterocycles. The first-order valence-corrected chi connectivity index (χ1v) is 7.60. The van der Waals surface area contributed by atoms with E-state index in [-0.39, 0.29) is 13.2 Å². The second-order valence-corrected chi connectivity index (χ2v) is 5.66. The molecule has 0 radical (unpaired) electrons. The Morgan fingerprint density at radius 2 is 1.33 bits per heavy atom. The third kappa shape index (κ3) is 5.52. The third-order valence-electron chi connectivity index (χ3n) is 3.38. The van der Waals surface area contributed by atoms with Gasteiger partial charge in [-0.05, 0) is 18.1 Å². The molecule has 0 aliphatic heterocycles. The Morgan fingerprint density at radius 3 is 1.83 bits per heavy atom. The Labute approximate surface area is 140 Å². The van der Waals surface area contributed by atoms with Crippen LogP contribution in [0.4, 0.5) is 0 Å². The first kappa shape index (κ1) is 17.7. The normalized spacial score (nSPS) is 12.9. The fourth-order valence-electron chi connectivity index (χ4n) is 2.02. The summed E-state index contributed by atoms with van der Waals surface area (Å²) < 4.78 is 10.1. The van der Waals surface area contributed by atoms with Crippen molar-refractivity contribution in [3.8, 4) is 0 Å². The maximum absolute atomic E-state index is 12.0. The lowest BCUT2D eigenvalue weighted by Gasteiger charge is -2.20. The monoisotopic (exact) mass is 328 g/mol. The molecule has 5 nitrogen and oxygen atoms in total. The molecule has 0 fully saturated rings. The first-order valence-electron chi connectivity index (χ1n) is 7.60. The minimum absolute atomic E-state index is 0.0366. The summed E-state index contributed by atoms with van der Waals surface area (Å²) >= 11 is 0. The van der Waals surface area contributed by atoms with Crippen LogP contribution in [0, 0.1) is 0 Å². The average molecular weight is 328 g/mol. The van der Waals surface area contributed by atoms with Crippen molar-refractivity contribution in [2.45, 2.75) is 32.2 Å². The van der Waals surface area contributed by atoms with Crippen molar-refractivity contribution in [2.24, 2.45) is 0 Å². The molecule has 0 unspecified atom stereocenters. The number of esters is 2. The molecule has 24 heavy (non-hydrogen) atoms. The van der Waals surface area contributed by atoms with Crippen LogP contribution in [-0.2, 0) is 32.3 Å². The molecule has 0 saturated heterocycles. The Morgan fingerprint density at radius 1 is 0.875 bits per heavy atom. The minimum atomic E-state index is -1.93. The summed E-state index contributed by atoms with van der Waals surface area (Å²) in [6, 6.07) is 18.3. The summed E-state index contributed by atoms with van der Waals surface area (Å²) in [7, 11) is 0. The lowest BCUT2D eigenvalue weighted by atomic mass is 10.0. The largest absolute Gasteiger partial charge is 0.461 e. The van der Waals surface area contributed by atoms with Gasteiger partial charge >= 0.3 is 11.9 Å². The third-order valence-corrected chi connectivity index (χ3v) is 3.38. The molecule has 1 atom stereocenters. The molecule has 0 saturated carbocycles. The zero-order valence-electron chi connectivity index (χ0n) is 13.5. The number of hydrogen-bond acceptors (Lipinski definition) is 5. The minimum Gasteiger partial charge on any atom is -0.461 e. The van der Waals surface area contributed by atoms with Gasteiger partial charge in [0, 0.05) is 0 Å². The van der Waals surface area contributed by atoms with Gasteiger partial charge in [0.15, 0.2) is 5.60 Å². The SMILES string of the molecule is C[C@@](O)(CC(=O)OCc1ccccc1)C(=O)OCc1ccccc1. The van der Waals surface area contributed by atoms with Crippen molar-refractivity contribution in [1.29, 1.82) is 0 Å². The maximum atomic E-state index is 12.0. The van der Waals surface area contributed by atoms with E-state index in [1.54, 1.807) is 12.1 Å². The summed E-state index contributed by atoms with van der Waals surface area (Å²) in [4.78, 5) is 23.8. The highest BCUT2D eigenvalue weighted by atomic mass is 16.6. The summed E-state index contributed by atoms with van der Waals surface area (Å²) in [5, 5.41) is 10.2. The highest BCUT2D eigenvalue weighted by Gasteiger charge is 2.35. The fourth-order valence-corrected chi connectivity index (χ4v) is 2.02. The molecule has 1 N–H and O–H groups in total. The Bertz CT molecular complexity index is 665. The van der Waals surface area contributed by atoms with Crippen LogP contribution in [0.3, 0.4) is 0 Å². The quantitative estimate of drug-likeness (QED) is 0.791. The average Bonchev–Trinajstić information content (AvgIpc) is 2.59. The number of carbonyl (C=O) groups excluding carboxylic acids is 2. The van der Waals surface area contributed by atoms with Crippen molar-refractivity contribution in [3.05, 3.63) is 71.8 Å². The topological polar surface area (TPSA) is 72.8 Å². The van der Waals surface area contributed by atoms with Gasteiger partial charge in [-0.3, -0.25) is 4.79 Å². The lowest BCUT2D eigenvalue weighted by molar-refractivity contribution is -0.172. The van der Waals surface area contributed by atoms with Crippen molar-refractivity contribution in [1.82, 2.24) is 0 Å². The van der Waals surface area contributed by atoms with Gasteiger partial charge in [0.2, 0.25) is 0 Å². The first-order chi connectivity index (χ1) is 11.5. The molecule has 0 amide bonds. The number of hydrogen-bond donors (Lipinski definition) is 1. The van der Waals surface area contributed by atoms with E-state index in [1.165, 1.54) is 6.92 Å². The summed E-state index contributed by atoms with van der Waals surface area (Å²) in [6.45, 7) is 1.37. The van der Waals surface area contributed by atoms with Crippen LogP contribution in [0.1, 0.15) is 24.5 Å². The van der Waals surface area contributed by atoms with Gasteiger partial charge in [0.25, 0.3) is 0 Å². The Balaban J connectivity index is 1.80. The molecule has 126 valence electrons. The van der Waals surface area contributed by atoms with E-state index in [4.69, 9.17) is 9.47 Å². The van der Waals surface area contributed by atoms with Crippen LogP contribution in [0.15, 0.2) is 60.7 Å². The Hall–Kier alpha value is -2.66. The molecule has 0 bridgehead atoms. The van der Waals surface area contributed by atoms with Crippen LogP contribution < -0.4 is 0 Å². The standard InChI is InChI=1S/C19H20O5/c1-19(22,18(21)24-14-16-10-6-3-7-11-16)12-17(20)23-13-15-8-4-2-5-9-15/h2-11,22H,12-14H2,1H3/t19-/m1/s1. The van der Waals surface area contributed by atoms with Crippen LogP contribution >= 0.6 is 0 Å². The van der Waals surface area contributed by atoms with Gasteiger partial charge in [-0.1, -0.05) is 60.7 Å². The second kappa shape index (κ2) is 8.26. The zero-order chi connectivity index (χ0) is 17.4. The molecular formula is C19H20O5. The van der Waals surface area contributed by atoms with Crippen molar-refractivity contribution < 1.29 is 24.2 Å². The van der Waals surface area contributed by atoms with Crippen molar-refractivity contribution >= 4 is 11.9 Å². The van der Waals surface area contributed by atoms with E-state index in [0.717, 1.165) is 11.1 Å². The van der Waals surface area contributed by atoms with E-state index in [0.29, 0.717) is 0 Å². The highest BCUT2D eigenvalue weighted by Crippen LogP contribution is 2.15. The van der Waals surface area contributed by atoms with Crippen LogP contribution in [-0.4, -0.2) is 22.6 Å². The van der Waals surface area contributed by atoms with Gasteiger partial charge < -0.3 is 14.6 Å². The maximum Gasteiger partial charge on any atom is 0.338 e. The zero-order valence-corrected chi connectivity index (χ0v) is 13.5. The number of aliphatic hydroxyl groups is 1. The molecule has 2 aromatic carbocycles. The summed E-state index contributed by atoms with van der Waals surface area (Å²) in [5.74, 6) is -1.52. The van der Waals surface area contributed by atoms with Gasteiger partial charge in [-0.2, -0.15) is 0 Å². The molecule has 0 aliphatic carbocycles. The van der Waals surface area contributed by atoms with Crippen molar-refractivity contribution in [3.63, 3.8) is 0 Å². The molecule has 0 aliphatic rings. The number of rotatable bonds is 7. The molecule has 0 spiro atoms.